The minimum atomic E-state index is -2.07. The van der Waals surface area contributed by atoms with Crippen LogP contribution in [0.5, 0.6) is 40.2 Å². The van der Waals surface area contributed by atoms with Gasteiger partial charge in [-0.3, -0.25) is 4.79 Å². The Morgan fingerprint density at radius 2 is 1.09 bits per heavy atom. The Labute approximate surface area is 255 Å². The SMILES string of the molecule is O=c1cc(-c2cc(O)c(O)c(O)c2)oc2c(OC3OC(CO)C(O)C(O)C3O)c(O)c(OC3OC(CO)C(O)C(O)C3O)c(O)c12. The lowest BCUT2D eigenvalue weighted by atomic mass is 9.99. The predicted octanol–water partition coefficient (Wildman–Crippen LogP) is -3.65. The van der Waals surface area contributed by atoms with E-state index in [4.69, 9.17) is 23.4 Å². The number of phenolic OH excluding ortho intramolecular Hbond substituents is 5. The van der Waals surface area contributed by atoms with Gasteiger partial charge in [-0.25, -0.2) is 0 Å². The molecule has 10 atom stereocenters. The molecule has 0 saturated carbocycles. The maximum atomic E-state index is 13.4. The lowest BCUT2D eigenvalue weighted by molar-refractivity contribution is -0.279. The van der Waals surface area contributed by atoms with Gasteiger partial charge in [-0.15, -0.1) is 0 Å². The van der Waals surface area contributed by atoms with Crippen LogP contribution in [0.4, 0.5) is 0 Å². The number of phenols is 5. The summed E-state index contributed by atoms with van der Waals surface area (Å²) in [6.07, 6.45) is -18.7. The van der Waals surface area contributed by atoms with Gasteiger partial charge in [0.25, 0.3) is 0 Å². The summed E-state index contributed by atoms with van der Waals surface area (Å²) >= 11 is 0. The second kappa shape index (κ2) is 12.6. The zero-order valence-electron chi connectivity index (χ0n) is 23.2. The first-order chi connectivity index (χ1) is 21.7. The number of rotatable bonds is 7. The minimum absolute atomic E-state index is 0.216. The Kier molecular flexibility index (Phi) is 9.07. The second-order valence-electron chi connectivity index (χ2n) is 10.5. The van der Waals surface area contributed by atoms with Crippen molar-refractivity contribution in [3.05, 3.63) is 28.4 Å². The Balaban J connectivity index is 1.70. The van der Waals surface area contributed by atoms with Crippen LogP contribution in [0.2, 0.25) is 0 Å². The van der Waals surface area contributed by atoms with Gasteiger partial charge in [-0.1, -0.05) is 0 Å². The van der Waals surface area contributed by atoms with Crippen LogP contribution in [0.3, 0.4) is 0 Å². The van der Waals surface area contributed by atoms with Crippen molar-refractivity contribution in [1.82, 2.24) is 0 Å². The first kappa shape index (κ1) is 33.2. The molecule has 5 rings (SSSR count). The molecule has 0 spiro atoms. The largest absolute Gasteiger partial charge is 0.504 e. The summed E-state index contributed by atoms with van der Waals surface area (Å²) in [5.74, 6) is -7.43. The van der Waals surface area contributed by atoms with E-state index in [9.17, 15) is 71.2 Å². The molecule has 1 aromatic heterocycles. The second-order valence-corrected chi connectivity index (χ2v) is 10.5. The van der Waals surface area contributed by atoms with Crippen LogP contribution in [0.25, 0.3) is 22.3 Å². The number of hydrogen-bond acceptors (Lipinski definition) is 19. The number of benzene rings is 2. The highest BCUT2D eigenvalue weighted by atomic mass is 16.7. The first-order valence-corrected chi connectivity index (χ1v) is 13.4. The molecule has 252 valence electrons. The molecule has 0 aliphatic carbocycles. The quantitative estimate of drug-likeness (QED) is 0.109. The van der Waals surface area contributed by atoms with Gasteiger partial charge in [0.2, 0.25) is 29.8 Å². The molecule has 3 aromatic rings. The van der Waals surface area contributed by atoms with Crippen LogP contribution in [0.15, 0.2) is 27.4 Å². The third kappa shape index (κ3) is 5.58. The third-order valence-corrected chi connectivity index (χ3v) is 7.56. The minimum Gasteiger partial charge on any atom is -0.504 e. The van der Waals surface area contributed by atoms with E-state index in [1.165, 1.54) is 0 Å². The van der Waals surface area contributed by atoms with Crippen molar-refractivity contribution in [3.8, 4) is 51.6 Å². The van der Waals surface area contributed by atoms with Crippen molar-refractivity contribution in [2.75, 3.05) is 13.2 Å². The zero-order chi connectivity index (χ0) is 33.8. The molecule has 2 aliphatic rings. The molecule has 19 heteroatoms. The summed E-state index contributed by atoms with van der Waals surface area (Å²) < 4.78 is 27.2. The Morgan fingerprint density at radius 3 is 1.57 bits per heavy atom. The molecule has 2 aromatic carbocycles. The third-order valence-electron chi connectivity index (χ3n) is 7.56. The molecule has 2 fully saturated rings. The average Bonchev–Trinajstić information content (AvgIpc) is 3.02. The van der Waals surface area contributed by atoms with E-state index in [0.717, 1.165) is 18.2 Å². The van der Waals surface area contributed by atoms with Gasteiger partial charge in [0, 0.05) is 11.6 Å². The molecular weight excluding hydrogens is 628 g/mol. The highest BCUT2D eigenvalue weighted by molar-refractivity contribution is 5.95. The van der Waals surface area contributed by atoms with Crippen LogP contribution in [0.1, 0.15) is 0 Å². The summed E-state index contributed by atoms with van der Waals surface area (Å²) in [6, 6.07) is 2.51. The topological polar surface area (TPSA) is 330 Å². The molecular formula is C27H30O19. The summed E-state index contributed by atoms with van der Waals surface area (Å²) in [5, 5.41) is 132. The molecule has 2 aliphatic heterocycles. The fourth-order valence-corrected chi connectivity index (χ4v) is 4.99. The molecule has 2 saturated heterocycles. The van der Waals surface area contributed by atoms with E-state index in [1.807, 2.05) is 0 Å². The monoisotopic (exact) mass is 658 g/mol. The van der Waals surface area contributed by atoms with Crippen molar-refractivity contribution in [3.63, 3.8) is 0 Å². The number of hydrogen-bond donors (Lipinski definition) is 13. The van der Waals surface area contributed by atoms with Crippen LogP contribution in [0, 0.1) is 0 Å². The van der Waals surface area contributed by atoms with E-state index < -0.39 is 137 Å². The lowest BCUT2D eigenvalue weighted by Gasteiger charge is -2.40. The average molecular weight is 659 g/mol. The summed E-state index contributed by atoms with van der Waals surface area (Å²) in [7, 11) is 0. The maximum absolute atomic E-state index is 13.4. The van der Waals surface area contributed by atoms with E-state index in [1.54, 1.807) is 0 Å². The van der Waals surface area contributed by atoms with Gasteiger partial charge in [-0.05, 0) is 12.1 Å². The van der Waals surface area contributed by atoms with Crippen molar-refractivity contribution in [2.24, 2.45) is 0 Å². The fraction of sp³-hybridized carbons (Fsp3) is 0.444. The van der Waals surface area contributed by atoms with E-state index >= 15 is 0 Å². The Morgan fingerprint density at radius 1 is 0.609 bits per heavy atom. The van der Waals surface area contributed by atoms with Gasteiger partial charge >= 0.3 is 0 Å². The molecule has 0 radical (unpaired) electrons. The number of fused-ring (bicyclic) bond motifs is 1. The highest BCUT2D eigenvalue weighted by Crippen LogP contribution is 2.51. The van der Waals surface area contributed by atoms with Gasteiger partial charge in [0.05, 0.1) is 13.2 Å². The first-order valence-electron chi connectivity index (χ1n) is 13.4. The van der Waals surface area contributed by atoms with Gasteiger partial charge in [0.1, 0.15) is 60.0 Å². The summed E-state index contributed by atoms with van der Waals surface area (Å²) in [6.45, 7) is -1.76. The van der Waals surface area contributed by atoms with Crippen LogP contribution in [-0.4, -0.2) is 141 Å². The van der Waals surface area contributed by atoms with Gasteiger partial charge in [-0.2, -0.15) is 0 Å². The summed E-state index contributed by atoms with van der Waals surface area (Å²) in [5.41, 5.74) is -2.12. The van der Waals surface area contributed by atoms with Crippen LogP contribution >= 0.6 is 0 Å². The highest BCUT2D eigenvalue weighted by Gasteiger charge is 2.47. The standard InChI is InChI=1S/C27H30O19/c28-4-11-15(34)18(37)20(39)26(43-11)45-24-17(36)13-7(30)3-10(6-1-8(31)14(33)9(32)2-6)42-23(13)25(22(24)41)46-27-21(40)19(38)16(35)12(5-29)44-27/h1-3,11-12,15-16,18-21,26-29,31-41H,4-5H2. The molecule has 13 N–H and O–H groups in total. The van der Waals surface area contributed by atoms with Crippen LogP contribution in [-0.2, 0) is 9.47 Å². The molecule has 10 unspecified atom stereocenters. The molecule has 0 bridgehead atoms. The van der Waals surface area contributed by atoms with Crippen molar-refractivity contribution < 1.29 is 89.7 Å². The van der Waals surface area contributed by atoms with Crippen molar-refractivity contribution >= 4 is 11.0 Å². The Hall–Kier alpha value is -4.15. The number of ether oxygens (including phenoxy) is 4. The molecule has 0 amide bonds. The number of aromatic hydroxyl groups is 5. The maximum Gasteiger partial charge on any atom is 0.229 e. The Bertz CT molecular complexity index is 1630. The summed E-state index contributed by atoms with van der Waals surface area (Å²) in [4.78, 5) is 13.4. The zero-order valence-corrected chi connectivity index (χ0v) is 23.2. The van der Waals surface area contributed by atoms with Crippen LogP contribution < -0.4 is 14.9 Å². The van der Waals surface area contributed by atoms with E-state index in [-0.39, 0.29) is 5.56 Å². The molecule has 46 heavy (non-hydrogen) atoms. The fourth-order valence-electron chi connectivity index (χ4n) is 4.99. The van der Waals surface area contributed by atoms with Crippen molar-refractivity contribution in [2.45, 2.75) is 61.4 Å². The molecule has 3 heterocycles. The van der Waals surface area contributed by atoms with E-state index in [0.29, 0.717) is 0 Å². The number of aliphatic hydroxyl groups is 8. The predicted molar refractivity (Wildman–Crippen MR) is 145 cm³/mol. The normalized spacial score (nSPS) is 31.6. The van der Waals surface area contributed by atoms with Gasteiger partial charge in [0.15, 0.2) is 34.0 Å². The molecule has 19 nitrogen and oxygen atoms in total. The lowest BCUT2D eigenvalue weighted by Crippen LogP contribution is -2.60. The van der Waals surface area contributed by atoms with Gasteiger partial charge < -0.3 is 89.7 Å². The smallest absolute Gasteiger partial charge is 0.229 e. The van der Waals surface area contributed by atoms with Crippen molar-refractivity contribution in [1.29, 1.82) is 0 Å². The number of aliphatic hydroxyl groups excluding tert-OH is 8. The van der Waals surface area contributed by atoms with E-state index in [2.05, 4.69) is 0 Å².